The van der Waals surface area contributed by atoms with Crippen molar-refractivity contribution in [2.24, 2.45) is 0 Å². The summed E-state index contributed by atoms with van der Waals surface area (Å²) in [4.78, 5) is 12.1. The molecule has 1 aliphatic rings. The summed E-state index contributed by atoms with van der Waals surface area (Å²) < 4.78 is 37.8. The molecule has 1 aromatic carbocycles. The number of sulfonamides is 1. The number of carbonyl (C=O) groups is 1. The van der Waals surface area contributed by atoms with Crippen molar-refractivity contribution in [3.8, 4) is 5.75 Å². The van der Waals surface area contributed by atoms with Gasteiger partial charge in [-0.1, -0.05) is 0 Å². The second-order valence-corrected chi connectivity index (χ2v) is 6.87. The Morgan fingerprint density at radius 3 is 2.43 bits per heavy atom. The van der Waals surface area contributed by atoms with Gasteiger partial charge in [0.2, 0.25) is 0 Å². The number of methoxy groups -OCH3 is 1. The molecule has 0 radical (unpaired) electrons. The Kier molecular flexibility index (Phi) is 5.65. The van der Waals surface area contributed by atoms with Crippen molar-refractivity contribution in [2.75, 3.05) is 18.4 Å². The highest BCUT2D eigenvalue weighted by atomic mass is 32.2. The highest BCUT2D eigenvalue weighted by Gasteiger charge is 2.29. The first-order valence-corrected chi connectivity index (χ1v) is 9.02. The predicted molar refractivity (Wildman–Crippen MR) is 87.7 cm³/mol. The van der Waals surface area contributed by atoms with Crippen molar-refractivity contribution < 1.29 is 22.7 Å². The van der Waals surface area contributed by atoms with Gasteiger partial charge < -0.3 is 9.47 Å². The van der Waals surface area contributed by atoms with Crippen LogP contribution in [0.2, 0.25) is 0 Å². The van der Waals surface area contributed by atoms with Gasteiger partial charge in [-0.25, -0.2) is 13.2 Å². The van der Waals surface area contributed by atoms with Crippen molar-refractivity contribution >= 4 is 21.7 Å². The molecule has 7 heteroatoms. The van der Waals surface area contributed by atoms with E-state index >= 15 is 0 Å². The summed E-state index contributed by atoms with van der Waals surface area (Å²) in [6.45, 7) is 1.92. The lowest BCUT2D eigenvalue weighted by Crippen LogP contribution is -2.22. The van der Waals surface area contributed by atoms with Crippen LogP contribution in [0.3, 0.4) is 0 Å². The van der Waals surface area contributed by atoms with Gasteiger partial charge in [-0.05, 0) is 56.9 Å². The number of anilines is 1. The number of esters is 1. The Morgan fingerprint density at radius 2 is 1.83 bits per heavy atom. The van der Waals surface area contributed by atoms with Crippen molar-refractivity contribution in [1.29, 1.82) is 0 Å². The fourth-order valence-corrected chi connectivity index (χ4v) is 3.98. The second kappa shape index (κ2) is 7.50. The summed E-state index contributed by atoms with van der Waals surface area (Å²) in [5, 5.41) is 0. The van der Waals surface area contributed by atoms with Crippen LogP contribution in [0.15, 0.2) is 34.7 Å². The van der Waals surface area contributed by atoms with Gasteiger partial charge in [-0.2, -0.15) is 0 Å². The molecular formula is C16H21NO5S. The van der Waals surface area contributed by atoms with Gasteiger partial charge in [-0.15, -0.1) is 0 Å². The van der Waals surface area contributed by atoms with Crippen molar-refractivity contribution in [2.45, 2.75) is 32.6 Å². The number of hydrogen-bond acceptors (Lipinski definition) is 5. The number of carbonyl (C=O) groups excluding carboxylic acids is 1. The van der Waals surface area contributed by atoms with Gasteiger partial charge in [-0.3, -0.25) is 4.72 Å². The number of rotatable bonds is 6. The Morgan fingerprint density at radius 1 is 1.17 bits per heavy atom. The molecule has 0 spiro atoms. The quantitative estimate of drug-likeness (QED) is 0.806. The first kappa shape index (κ1) is 17.3. The minimum Gasteiger partial charge on any atom is -0.497 e. The molecule has 23 heavy (non-hydrogen) atoms. The number of hydrogen-bond donors (Lipinski definition) is 1. The predicted octanol–water partition coefficient (Wildman–Crippen LogP) is 2.83. The van der Waals surface area contributed by atoms with E-state index in [0.717, 1.165) is 12.8 Å². The first-order valence-electron chi connectivity index (χ1n) is 7.54. The minimum atomic E-state index is -3.78. The number of benzene rings is 1. The van der Waals surface area contributed by atoms with Crippen LogP contribution in [0.1, 0.15) is 32.6 Å². The SMILES string of the molecule is CCOC(=O)C1=C(S(=O)(=O)Nc2ccc(OC)cc2)CCCC1. The standard InChI is InChI=1S/C16H21NO5S/c1-3-22-16(18)14-6-4-5-7-15(14)23(19,20)17-12-8-10-13(21-2)11-9-12/h8-11,17H,3-7H2,1-2H3. The maximum atomic E-state index is 12.6. The van der Waals surface area contributed by atoms with Gasteiger partial charge >= 0.3 is 5.97 Å². The first-order chi connectivity index (χ1) is 11.0. The molecule has 1 aliphatic carbocycles. The van der Waals surface area contributed by atoms with E-state index in [0.29, 0.717) is 24.3 Å². The molecule has 0 aliphatic heterocycles. The third-order valence-corrected chi connectivity index (χ3v) is 5.21. The maximum Gasteiger partial charge on any atom is 0.335 e. The van der Waals surface area contributed by atoms with Crippen LogP contribution in [-0.4, -0.2) is 28.1 Å². The highest BCUT2D eigenvalue weighted by molar-refractivity contribution is 7.96. The summed E-state index contributed by atoms with van der Waals surface area (Å²) in [6, 6.07) is 6.56. The molecular weight excluding hydrogens is 318 g/mol. The molecule has 0 bridgehead atoms. The molecule has 0 heterocycles. The smallest absolute Gasteiger partial charge is 0.335 e. The molecule has 0 unspecified atom stereocenters. The Balaban J connectivity index is 2.29. The topological polar surface area (TPSA) is 81.7 Å². The molecule has 0 amide bonds. The van der Waals surface area contributed by atoms with Crippen LogP contribution in [0, 0.1) is 0 Å². The van der Waals surface area contributed by atoms with E-state index in [2.05, 4.69) is 4.72 Å². The van der Waals surface area contributed by atoms with Crippen molar-refractivity contribution in [3.05, 3.63) is 34.7 Å². The van der Waals surface area contributed by atoms with Gasteiger partial charge in [0.1, 0.15) is 5.75 Å². The zero-order valence-electron chi connectivity index (χ0n) is 13.3. The summed E-state index contributed by atoms with van der Waals surface area (Å²) in [5.41, 5.74) is 0.686. The summed E-state index contributed by atoms with van der Waals surface area (Å²) in [5.74, 6) is 0.0966. The maximum absolute atomic E-state index is 12.6. The Hall–Kier alpha value is -2.02. The summed E-state index contributed by atoms with van der Waals surface area (Å²) >= 11 is 0. The zero-order chi connectivity index (χ0) is 16.9. The van der Waals surface area contributed by atoms with E-state index in [1.165, 1.54) is 7.11 Å². The lowest BCUT2D eigenvalue weighted by Gasteiger charge is -2.20. The molecule has 6 nitrogen and oxygen atoms in total. The lowest BCUT2D eigenvalue weighted by molar-refractivity contribution is -0.138. The second-order valence-electron chi connectivity index (χ2n) is 5.16. The Labute approximate surface area is 136 Å². The molecule has 0 saturated heterocycles. The van der Waals surface area contributed by atoms with Crippen LogP contribution in [0.25, 0.3) is 0 Å². The molecule has 0 aromatic heterocycles. The average Bonchev–Trinajstić information content (AvgIpc) is 2.55. The average molecular weight is 339 g/mol. The number of allylic oxidation sites excluding steroid dienone is 1. The number of nitrogens with one attached hydrogen (secondary N) is 1. The van der Waals surface area contributed by atoms with E-state index in [4.69, 9.17) is 9.47 Å². The van der Waals surface area contributed by atoms with E-state index < -0.39 is 16.0 Å². The molecule has 126 valence electrons. The normalized spacial score (nSPS) is 15.2. The third kappa shape index (κ3) is 4.25. The third-order valence-electron chi connectivity index (χ3n) is 3.61. The van der Waals surface area contributed by atoms with Gasteiger partial charge in [0, 0.05) is 5.69 Å². The fourth-order valence-electron chi connectivity index (χ4n) is 2.48. The largest absolute Gasteiger partial charge is 0.497 e. The zero-order valence-corrected chi connectivity index (χ0v) is 14.1. The fraction of sp³-hybridized carbons (Fsp3) is 0.438. The van der Waals surface area contributed by atoms with Crippen LogP contribution in [0.4, 0.5) is 5.69 Å². The van der Waals surface area contributed by atoms with Gasteiger partial charge in [0.15, 0.2) is 0 Å². The van der Waals surface area contributed by atoms with E-state index in [9.17, 15) is 13.2 Å². The number of ether oxygens (including phenoxy) is 2. The molecule has 0 saturated carbocycles. The van der Waals surface area contributed by atoms with E-state index in [1.54, 1.807) is 31.2 Å². The monoisotopic (exact) mass is 339 g/mol. The highest BCUT2D eigenvalue weighted by Crippen LogP contribution is 2.30. The summed E-state index contributed by atoms with van der Waals surface area (Å²) in [6.07, 6.45) is 2.30. The molecule has 0 fully saturated rings. The van der Waals surface area contributed by atoms with Crippen molar-refractivity contribution in [3.63, 3.8) is 0 Å². The lowest BCUT2D eigenvalue weighted by atomic mass is 9.99. The van der Waals surface area contributed by atoms with Crippen LogP contribution in [0.5, 0.6) is 5.75 Å². The van der Waals surface area contributed by atoms with Crippen molar-refractivity contribution in [1.82, 2.24) is 0 Å². The van der Waals surface area contributed by atoms with Crippen LogP contribution < -0.4 is 9.46 Å². The minimum absolute atomic E-state index is 0.137. The van der Waals surface area contributed by atoms with Crippen LogP contribution >= 0.6 is 0 Å². The Bertz CT molecular complexity index is 692. The molecule has 1 aromatic rings. The van der Waals surface area contributed by atoms with Gasteiger partial charge in [0.05, 0.1) is 24.2 Å². The van der Waals surface area contributed by atoms with E-state index in [1.807, 2.05) is 0 Å². The molecule has 2 rings (SSSR count). The van der Waals surface area contributed by atoms with E-state index in [-0.39, 0.29) is 17.1 Å². The summed E-state index contributed by atoms with van der Waals surface area (Å²) in [7, 11) is -2.24. The molecule has 1 N–H and O–H groups in total. The van der Waals surface area contributed by atoms with Crippen LogP contribution in [-0.2, 0) is 19.6 Å². The van der Waals surface area contributed by atoms with Gasteiger partial charge in [0.25, 0.3) is 10.0 Å². The molecule has 0 atom stereocenters.